The van der Waals surface area contributed by atoms with Gasteiger partial charge in [-0.1, -0.05) is 13.8 Å². The van der Waals surface area contributed by atoms with Crippen molar-refractivity contribution in [2.75, 3.05) is 6.61 Å². The van der Waals surface area contributed by atoms with E-state index >= 15 is 0 Å². The second-order valence-electron chi connectivity index (χ2n) is 5.25. The van der Waals surface area contributed by atoms with Gasteiger partial charge in [0.2, 0.25) is 0 Å². The summed E-state index contributed by atoms with van der Waals surface area (Å²) >= 11 is 0. The molecule has 1 heterocycles. The molecule has 0 fully saturated rings. The molecular formula is C15H20N2O5. The van der Waals surface area contributed by atoms with Crippen molar-refractivity contribution >= 4 is 17.7 Å². The highest BCUT2D eigenvalue weighted by atomic mass is 16.5. The Morgan fingerprint density at radius 1 is 1.36 bits per heavy atom. The molecule has 1 rings (SSSR count). The smallest absolute Gasteiger partial charge is 0.308 e. The van der Waals surface area contributed by atoms with Gasteiger partial charge in [0.25, 0.3) is 5.91 Å². The summed E-state index contributed by atoms with van der Waals surface area (Å²) < 4.78 is 4.96. The first-order valence-corrected chi connectivity index (χ1v) is 6.86. The highest BCUT2D eigenvalue weighted by Gasteiger charge is 2.23. The maximum absolute atomic E-state index is 12.1. The molecule has 1 aromatic heterocycles. The highest BCUT2D eigenvalue weighted by molar-refractivity contribution is 5.98. The van der Waals surface area contributed by atoms with Crippen molar-refractivity contribution in [3.8, 4) is 5.75 Å². The van der Waals surface area contributed by atoms with E-state index in [-0.39, 0.29) is 29.8 Å². The van der Waals surface area contributed by atoms with Gasteiger partial charge >= 0.3 is 5.97 Å². The van der Waals surface area contributed by atoms with Crippen LogP contribution < -0.4 is 5.32 Å². The van der Waals surface area contributed by atoms with Crippen molar-refractivity contribution < 1.29 is 24.2 Å². The van der Waals surface area contributed by atoms with E-state index in [4.69, 9.17) is 4.74 Å². The zero-order valence-corrected chi connectivity index (χ0v) is 13.0. The van der Waals surface area contributed by atoms with E-state index in [2.05, 4.69) is 10.3 Å². The Bertz CT molecular complexity index is 583. The average Bonchev–Trinajstić information content (AvgIpc) is 2.45. The topological polar surface area (TPSA) is 106 Å². The number of aromatic hydroxyl groups is 1. The Labute approximate surface area is 128 Å². The van der Waals surface area contributed by atoms with Gasteiger partial charge in [0.1, 0.15) is 18.4 Å². The number of carbonyl (C=O) groups is 3. The largest absolute Gasteiger partial charge is 0.505 e. The molecule has 1 atom stereocenters. The summed E-state index contributed by atoms with van der Waals surface area (Å²) in [7, 11) is 0. The van der Waals surface area contributed by atoms with Gasteiger partial charge in [0.05, 0.1) is 5.92 Å². The number of hydrogen-bond acceptors (Lipinski definition) is 6. The number of Topliss-reactive ketones (excluding diaryl/α,β-unsaturated/α-hetero) is 1. The average molecular weight is 308 g/mol. The van der Waals surface area contributed by atoms with Crippen LogP contribution in [0.3, 0.4) is 0 Å². The highest BCUT2D eigenvalue weighted by Crippen LogP contribution is 2.18. The fraction of sp³-hybridized carbons (Fsp3) is 0.467. The molecule has 0 aliphatic heterocycles. The second-order valence-corrected chi connectivity index (χ2v) is 5.25. The van der Waals surface area contributed by atoms with Gasteiger partial charge in [0.15, 0.2) is 11.5 Å². The quantitative estimate of drug-likeness (QED) is 0.759. The van der Waals surface area contributed by atoms with Crippen LogP contribution in [-0.4, -0.2) is 40.4 Å². The molecule has 2 N–H and O–H groups in total. The molecular weight excluding hydrogens is 288 g/mol. The SMILES string of the molecule is CC(=O)C(COC(=O)C(C)C)NC(=O)c1nccc(C)c1O. The minimum absolute atomic E-state index is 0.179. The standard InChI is InChI=1S/C15H20N2O5/c1-8(2)15(21)22-7-11(10(4)18)17-14(20)12-13(19)9(3)5-6-16-12/h5-6,8,11,19H,7H2,1-4H3,(H,17,20). The molecule has 0 saturated heterocycles. The fourth-order valence-corrected chi connectivity index (χ4v) is 1.54. The number of aryl methyl sites for hydroxylation is 1. The molecule has 1 amide bonds. The van der Waals surface area contributed by atoms with Gasteiger partial charge in [-0.25, -0.2) is 4.98 Å². The molecule has 7 heteroatoms. The van der Waals surface area contributed by atoms with Crippen molar-refractivity contribution in [1.29, 1.82) is 0 Å². The van der Waals surface area contributed by atoms with Crippen molar-refractivity contribution in [3.63, 3.8) is 0 Å². The molecule has 1 aromatic rings. The second kappa shape index (κ2) is 7.53. The molecule has 0 aliphatic rings. The van der Waals surface area contributed by atoms with Crippen molar-refractivity contribution in [3.05, 3.63) is 23.5 Å². The molecule has 0 aliphatic carbocycles. The van der Waals surface area contributed by atoms with E-state index in [1.807, 2.05) is 0 Å². The minimum Gasteiger partial charge on any atom is -0.505 e. The molecule has 7 nitrogen and oxygen atoms in total. The summed E-state index contributed by atoms with van der Waals surface area (Å²) in [6.45, 7) is 5.97. The van der Waals surface area contributed by atoms with Gasteiger partial charge < -0.3 is 15.2 Å². The molecule has 120 valence electrons. The van der Waals surface area contributed by atoms with Crippen LogP contribution in [0.5, 0.6) is 5.75 Å². The first-order valence-electron chi connectivity index (χ1n) is 6.86. The van der Waals surface area contributed by atoms with Crippen LogP contribution in [0.1, 0.15) is 36.8 Å². The molecule has 0 spiro atoms. The Morgan fingerprint density at radius 3 is 2.55 bits per heavy atom. The van der Waals surface area contributed by atoms with Crippen LogP contribution >= 0.6 is 0 Å². The van der Waals surface area contributed by atoms with Gasteiger partial charge in [-0.3, -0.25) is 14.4 Å². The van der Waals surface area contributed by atoms with Crippen LogP contribution in [-0.2, 0) is 14.3 Å². The van der Waals surface area contributed by atoms with E-state index in [0.717, 1.165) is 0 Å². The number of nitrogens with zero attached hydrogens (tertiary/aromatic N) is 1. The lowest BCUT2D eigenvalue weighted by Crippen LogP contribution is -2.44. The minimum atomic E-state index is -0.989. The number of ether oxygens (including phenoxy) is 1. The van der Waals surface area contributed by atoms with Gasteiger partial charge in [-0.2, -0.15) is 0 Å². The summed E-state index contributed by atoms with van der Waals surface area (Å²) in [6, 6.07) is 0.566. The third-order valence-electron chi connectivity index (χ3n) is 3.00. The van der Waals surface area contributed by atoms with Gasteiger partial charge in [0, 0.05) is 6.20 Å². The zero-order chi connectivity index (χ0) is 16.9. The number of hydrogen-bond donors (Lipinski definition) is 2. The lowest BCUT2D eigenvalue weighted by atomic mass is 10.1. The summed E-state index contributed by atoms with van der Waals surface area (Å²) in [5, 5.41) is 12.2. The number of esters is 1. The fourth-order valence-electron chi connectivity index (χ4n) is 1.54. The van der Waals surface area contributed by atoms with Crippen LogP contribution in [0.2, 0.25) is 0 Å². The predicted octanol–water partition coefficient (Wildman–Crippen LogP) is 0.982. The number of rotatable bonds is 6. The predicted molar refractivity (Wildman–Crippen MR) is 78.4 cm³/mol. The molecule has 1 unspecified atom stereocenters. The van der Waals surface area contributed by atoms with Crippen LogP contribution in [0.25, 0.3) is 0 Å². The summed E-state index contributed by atoms with van der Waals surface area (Å²) in [6.07, 6.45) is 1.38. The lowest BCUT2D eigenvalue weighted by molar-refractivity contribution is -0.148. The normalized spacial score (nSPS) is 11.9. The van der Waals surface area contributed by atoms with E-state index in [1.54, 1.807) is 26.8 Å². The van der Waals surface area contributed by atoms with Gasteiger partial charge in [-0.05, 0) is 25.5 Å². The Hall–Kier alpha value is -2.44. The van der Waals surface area contributed by atoms with E-state index in [0.29, 0.717) is 5.56 Å². The monoisotopic (exact) mass is 308 g/mol. The van der Waals surface area contributed by atoms with E-state index in [1.165, 1.54) is 13.1 Å². The van der Waals surface area contributed by atoms with E-state index in [9.17, 15) is 19.5 Å². The molecule has 0 radical (unpaired) electrons. The van der Waals surface area contributed by atoms with Crippen molar-refractivity contribution in [1.82, 2.24) is 10.3 Å². The van der Waals surface area contributed by atoms with Crippen LogP contribution in [0, 0.1) is 12.8 Å². The Balaban J connectivity index is 2.78. The third kappa shape index (κ3) is 4.54. The number of aromatic nitrogens is 1. The first-order chi connectivity index (χ1) is 10.2. The van der Waals surface area contributed by atoms with Crippen molar-refractivity contribution in [2.45, 2.75) is 33.7 Å². The maximum atomic E-state index is 12.1. The molecule has 22 heavy (non-hydrogen) atoms. The summed E-state index contributed by atoms with van der Waals surface area (Å²) in [5.41, 5.74) is 0.312. The van der Waals surface area contributed by atoms with Crippen LogP contribution in [0.15, 0.2) is 12.3 Å². The Morgan fingerprint density at radius 2 is 2.00 bits per heavy atom. The number of ketones is 1. The first kappa shape index (κ1) is 17.6. The Kier molecular flexibility index (Phi) is 6.03. The van der Waals surface area contributed by atoms with Crippen LogP contribution in [0.4, 0.5) is 0 Å². The number of carbonyl (C=O) groups excluding carboxylic acids is 3. The van der Waals surface area contributed by atoms with Crippen molar-refractivity contribution in [2.24, 2.45) is 5.92 Å². The zero-order valence-electron chi connectivity index (χ0n) is 13.0. The van der Waals surface area contributed by atoms with E-state index < -0.39 is 17.9 Å². The molecule has 0 bridgehead atoms. The summed E-state index contributed by atoms with van der Waals surface area (Å²) in [5.74, 6) is -2.11. The molecule has 0 aromatic carbocycles. The number of nitrogens with one attached hydrogen (secondary N) is 1. The number of pyridine rings is 1. The number of amides is 1. The third-order valence-corrected chi connectivity index (χ3v) is 3.00. The lowest BCUT2D eigenvalue weighted by Gasteiger charge is -2.17. The summed E-state index contributed by atoms with van der Waals surface area (Å²) in [4.78, 5) is 38.9. The van der Waals surface area contributed by atoms with Gasteiger partial charge in [-0.15, -0.1) is 0 Å². The maximum Gasteiger partial charge on any atom is 0.308 e. The molecule has 0 saturated carbocycles.